The Kier molecular flexibility index (Phi) is 5.53. The quantitative estimate of drug-likeness (QED) is 0.734. The average molecular weight is 293 g/mol. The van der Waals surface area contributed by atoms with Crippen molar-refractivity contribution in [3.8, 4) is 0 Å². The summed E-state index contributed by atoms with van der Waals surface area (Å²) < 4.78 is 5.19. The topological polar surface area (TPSA) is 90.9 Å². The largest absolute Gasteiger partial charge is 0.478 e. The highest BCUT2D eigenvalue weighted by Gasteiger charge is 2.12. The molecule has 1 aromatic rings. The molecule has 1 saturated heterocycles. The molecule has 1 aromatic carbocycles. The summed E-state index contributed by atoms with van der Waals surface area (Å²) in [5, 5.41) is 13.5. The Balaban J connectivity index is 1.72. The molecule has 2 amide bonds. The molecule has 1 aliphatic rings. The number of benzene rings is 1. The van der Waals surface area contributed by atoms with Crippen LogP contribution in [0.1, 0.15) is 15.9 Å². The summed E-state index contributed by atoms with van der Waals surface area (Å²) in [4.78, 5) is 22.5. The van der Waals surface area contributed by atoms with Gasteiger partial charge in [-0.1, -0.05) is 12.1 Å². The second-order valence-electron chi connectivity index (χ2n) is 4.72. The van der Waals surface area contributed by atoms with E-state index in [0.717, 1.165) is 5.56 Å². The summed E-state index contributed by atoms with van der Waals surface area (Å²) in [5.41, 5.74) is 3.88. The second kappa shape index (κ2) is 7.61. The van der Waals surface area contributed by atoms with E-state index in [-0.39, 0.29) is 11.6 Å². The number of nitrogens with one attached hydrogen (secondary N) is 2. The first-order chi connectivity index (χ1) is 10.1. The predicted molar refractivity (Wildman–Crippen MR) is 76.0 cm³/mol. The molecule has 114 valence electrons. The molecule has 0 atom stereocenters. The van der Waals surface area contributed by atoms with Gasteiger partial charge in [0.05, 0.1) is 18.8 Å². The molecule has 0 spiro atoms. The van der Waals surface area contributed by atoms with E-state index in [1.807, 2.05) is 11.1 Å². The SMILES string of the molecule is O=C(NCCc1cccc(C(=O)O)c1)NN1CCOCC1. The van der Waals surface area contributed by atoms with Crippen LogP contribution in [0, 0.1) is 0 Å². The lowest BCUT2D eigenvalue weighted by Crippen LogP contribution is -2.51. The van der Waals surface area contributed by atoms with Crippen LogP contribution in [0.2, 0.25) is 0 Å². The molecule has 7 heteroatoms. The molecule has 0 saturated carbocycles. The van der Waals surface area contributed by atoms with E-state index in [1.54, 1.807) is 18.2 Å². The summed E-state index contributed by atoms with van der Waals surface area (Å²) >= 11 is 0. The maximum Gasteiger partial charge on any atom is 0.335 e. The fourth-order valence-corrected chi connectivity index (χ4v) is 2.04. The Morgan fingerprint density at radius 1 is 1.29 bits per heavy atom. The number of hydrogen-bond acceptors (Lipinski definition) is 4. The van der Waals surface area contributed by atoms with Crippen LogP contribution in [-0.2, 0) is 11.2 Å². The van der Waals surface area contributed by atoms with Gasteiger partial charge in [-0.15, -0.1) is 0 Å². The van der Waals surface area contributed by atoms with Gasteiger partial charge in [0.25, 0.3) is 0 Å². The van der Waals surface area contributed by atoms with Gasteiger partial charge >= 0.3 is 12.0 Å². The third kappa shape index (κ3) is 5.05. The number of urea groups is 1. The Bertz CT molecular complexity index is 501. The highest BCUT2D eigenvalue weighted by atomic mass is 16.5. The van der Waals surface area contributed by atoms with Gasteiger partial charge in [0.1, 0.15) is 0 Å². The highest BCUT2D eigenvalue weighted by molar-refractivity contribution is 5.87. The van der Waals surface area contributed by atoms with Gasteiger partial charge in [-0.2, -0.15) is 0 Å². The molecular weight excluding hydrogens is 274 g/mol. The molecule has 1 fully saturated rings. The number of nitrogens with zero attached hydrogens (tertiary/aromatic N) is 1. The average Bonchev–Trinajstić information content (AvgIpc) is 2.48. The number of rotatable bonds is 5. The lowest BCUT2D eigenvalue weighted by molar-refractivity contribution is 0.0195. The highest BCUT2D eigenvalue weighted by Crippen LogP contribution is 2.05. The smallest absolute Gasteiger partial charge is 0.335 e. The van der Waals surface area contributed by atoms with Gasteiger partial charge in [-0.25, -0.2) is 14.6 Å². The molecule has 1 aliphatic heterocycles. The number of hydrogen-bond donors (Lipinski definition) is 3. The number of morpholine rings is 1. The second-order valence-corrected chi connectivity index (χ2v) is 4.72. The Morgan fingerprint density at radius 3 is 2.76 bits per heavy atom. The summed E-state index contributed by atoms with van der Waals surface area (Å²) in [6.07, 6.45) is 0.581. The van der Waals surface area contributed by atoms with Crippen molar-refractivity contribution in [1.29, 1.82) is 0 Å². The van der Waals surface area contributed by atoms with Crippen LogP contribution < -0.4 is 10.7 Å². The van der Waals surface area contributed by atoms with E-state index >= 15 is 0 Å². The summed E-state index contributed by atoms with van der Waals surface area (Å²) in [6.45, 7) is 3.02. The number of hydrazine groups is 1. The fourth-order valence-electron chi connectivity index (χ4n) is 2.04. The zero-order valence-corrected chi connectivity index (χ0v) is 11.7. The van der Waals surface area contributed by atoms with Crippen molar-refractivity contribution < 1.29 is 19.4 Å². The molecular formula is C14H19N3O4. The zero-order chi connectivity index (χ0) is 15.1. The summed E-state index contributed by atoms with van der Waals surface area (Å²) in [7, 11) is 0. The third-order valence-corrected chi connectivity index (χ3v) is 3.14. The number of ether oxygens (including phenoxy) is 1. The number of carboxylic acid groups (broad SMARTS) is 1. The monoisotopic (exact) mass is 293 g/mol. The number of carbonyl (C=O) groups excluding carboxylic acids is 1. The molecule has 0 unspecified atom stereocenters. The molecule has 0 aliphatic carbocycles. The molecule has 0 aromatic heterocycles. The Labute approximate surface area is 122 Å². The van der Waals surface area contributed by atoms with E-state index in [9.17, 15) is 9.59 Å². The maximum absolute atomic E-state index is 11.7. The van der Waals surface area contributed by atoms with Gasteiger partial charge in [-0.3, -0.25) is 5.43 Å². The first-order valence-electron chi connectivity index (χ1n) is 6.84. The molecule has 0 radical (unpaired) electrons. The lowest BCUT2D eigenvalue weighted by atomic mass is 10.1. The van der Waals surface area contributed by atoms with Gasteiger partial charge in [-0.05, 0) is 24.1 Å². The van der Waals surface area contributed by atoms with E-state index in [2.05, 4.69) is 10.7 Å². The van der Waals surface area contributed by atoms with E-state index in [1.165, 1.54) is 0 Å². The number of amides is 2. The van der Waals surface area contributed by atoms with Gasteiger partial charge in [0, 0.05) is 19.6 Å². The van der Waals surface area contributed by atoms with Crippen molar-refractivity contribution >= 4 is 12.0 Å². The van der Waals surface area contributed by atoms with Crippen LogP contribution >= 0.6 is 0 Å². The molecule has 3 N–H and O–H groups in total. The van der Waals surface area contributed by atoms with Crippen LogP contribution in [0.3, 0.4) is 0 Å². The van der Waals surface area contributed by atoms with E-state index in [0.29, 0.717) is 39.3 Å². The Hall–Kier alpha value is -2.12. The molecule has 0 bridgehead atoms. The van der Waals surface area contributed by atoms with Crippen molar-refractivity contribution in [3.05, 3.63) is 35.4 Å². The molecule has 1 heterocycles. The van der Waals surface area contributed by atoms with Crippen molar-refractivity contribution in [2.24, 2.45) is 0 Å². The normalized spacial score (nSPS) is 15.4. The molecule has 7 nitrogen and oxygen atoms in total. The van der Waals surface area contributed by atoms with Crippen molar-refractivity contribution in [2.75, 3.05) is 32.8 Å². The van der Waals surface area contributed by atoms with Crippen molar-refractivity contribution in [2.45, 2.75) is 6.42 Å². The number of carboxylic acids is 1. The summed E-state index contributed by atoms with van der Waals surface area (Å²) in [5.74, 6) is -0.949. The minimum Gasteiger partial charge on any atom is -0.478 e. The van der Waals surface area contributed by atoms with Crippen LogP contribution in [0.4, 0.5) is 4.79 Å². The van der Waals surface area contributed by atoms with Crippen LogP contribution in [0.15, 0.2) is 24.3 Å². The fraction of sp³-hybridized carbons (Fsp3) is 0.429. The van der Waals surface area contributed by atoms with Crippen LogP contribution in [0.5, 0.6) is 0 Å². The van der Waals surface area contributed by atoms with Crippen LogP contribution in [0.25, 0.3) is 0 Å². The first-order valence-corrected chi connectivity index (χ1v) is 6.84. The summed E-state index contributed by atoms with van der Waals surface area (Å²) in [6, 6.07) is 6.45. The zero-order valence-electron chi connectivity index (χ0n) is 11.7. The minimum atomic E-state index is -0.949. The predicted octanol–water partition coefficient (Wildman–Crippen LogP) is 0.474. The van der Waals surface area contributed by atoms with E-state index in [4.69, 9.17) is 9.84 Å². The van der Waals surface area contributed by atoms with Crippen molar-refractivity contribution in [1.82, 2.24) is 15.8 Å². The number of carbonyl (C=O) groups is 2. The van der Waals surface area contributed by atoms with Crippen LogP contribution in [-0.4, -0.2) is 55.0 Å². The Morgan fingerprint density at radius 2 is 2.05 bits per heavy atom. The van der Waals surface area contributed by atoms with E-state index < -0.39 is 5.97 Å². The minimum absolute atomic E-state index is 0.255. The third-order valence-electron chi connectivity index (χ3n) is 3.14. The molecule has 2 rings (SSSR count). The standard InChI is InChI=1S/C14H19N3O4/c18-13(19)12-3-1-2-11(10-12)4-5-15-14(20)16-17-6-8-21-9-7-17/h1-3,10H,4-9H2,(H,18,19)(H2,15,16,20). The number of aromatic carboxylic acids is 1. The van der Waals surface area contributed by atoms with Gasteiger partial charge < -0.3 is 15.2 Å². The van der Waals surface area contributed by atoms with Crippen molar-refractivity contribution in [3.63, 3.8) is 0 Å². The lowest BCUT2D eigenvalue weighted by Gasteiger charge is -2.26. The van der Waals surface area contributed by atoms with Gasteiger partial charge in [0.15, 0.2) is 0 Å². The van der Waals surface area contributed by atoms with Gasteiger partial charge in [0.2, 0.25) is 0 Å². The maximum atomic E-state index is 11.7. The molecule has 21 heavy (non-hydrogen) atoms. The first kappa shape index (κ1) is 15.3.